The Labute approximate surface area is 114 Å². The lowest BCUT2D eigenvalue weighted by molar-refractivity contribution is 0.0894. The van der Waals surface area contributed by atoms with Crippen LogP contribution in [-0.4, -0.2) is 53.7 Å². The van der Waals surface area contributed by atoms with E-state index in [9.17, 15) is 4.79 Å². The molecule has 1 aromatic rings. The van der Waals surface area contributed by atoms with Crippen molar-refractivity contribution in [1.29, 1.82) is 0 Å². The number of Topliss-reactive ketones (excluding diaryl/α,β-unsaturated/α-hetero) is 1. The van der Waals surface area contributed by atoms with Gasteiger partial charge in [-0.3, -0.25) is 9.69 Å². The third-order valence-corrected chi connectivity index (χ3v) is 3.09. The lowest BCUT2D eigenvalue weighted by atomic mass is 10.1. The Kier molecular flexibility index (Phi) is 6.64. The van der Waals surface area contributed by atoms with E-state index in [0.717, 1.165) is 3.57 Å². The average Bonchev–Trinajstić information content (AvgIpc) is 2.30. The van der Waals surface area contributed by atoms with Crippen molar-refractivity contribution in [2.45, 2.75) is 0 Å². The van der Waals surface area contributed by atoms with Crippen molar-refractivity contribution in [2.24, 2.45) is 0 Å². The second-order valence-corrected chi connectivity index (χ2v) is 4.90. The zero-order valence-electron chi connectivity index (χ0n) is 9.47. The van der Waals surface area contributed by atoms with Crippen LogP contribution in [0.25, 0.3) is 0 Å². The highest BCUT2D eigenvalue weighted by atomic mass is 127. The van der Waals surface area contributed by atoms with Gasteiger partial charge in [0, 0.05) is 22.2 Å². The van der Waals surface area contributed by atoms with Crippen molar-refractivity contribution in [3.05, 3.63) is 33.4 Å². The van der Waals surface area contributed by atoms with E-state index in [-0.39, 0.29) is 25.5 Å². The minimum absolute atomic E-state index is 0.00306. The summed E-state index contributed by atoms with van der Waals surface area (Å²) in [6.07, 6.45) is 0. The SMILES string of the molecule is O=C(CN(CCO)CCO)c1ccc(I)cc1. The van der Waals surface area contributed by atoms with Gasteiger partial charge in [-0.1, -0.05) is 12.1 Å². The molecule has 0 saturated carbocycles. The Hall–Kier alpha value is -0.500. The van der Waals surface area contributed by atoms with Crippen molar-refractivity contribution < 1.29 is 15.0 Å². The third kappa shape index (κ3) is 5.12. The van der Waals surface area contributed by atoms with Gasteiger partial charge < -0.3 is 10.2 Å². The number of halogens is 1. The fraction of sp³-hybridized carbons (Fsp3) is 0.417. The van der Waals surface area contributed by atoms with Crippen LogP contribution in [0.3, 0.4) is 0 Å². The van der Waals surface area contributed by atoms with Gasteiger partial charge in [0.15, 0.2) is 5.78 Å². The summed E-state index contributed by atoms with van der Waals surface area (Å²) >= 11 is 2.18. The fourth-order valence-electron chi connectivity index (χ4n) is 1.48. The van der Waals surface area contributed by atoms with E-state index in [2.05, 4.69) is 22.6 Å². The fourth-order valence-corrected chi connectivity index (χ4v) is 1.84. The summed E-state index contributed by atoms with van der Waals surface area (Å²) in [7, 11) is 0. The summed E-state index contributed by atoms with van der Waals surface area (Å²) < 4.78 is 1.08. The first-order chi connectivity index (χ1) is 8.17. The number of aliphatic hydroxyl groups excluding tert-OH is 2. The Morgan fingerprint density at radius 3 is 2.12 bits per heavy atom. The molecule has 0 aliphatic rings. The summed E-state index contributed by atoms with van der Waals surface area (Å²) in [5, 5.41) is 17.7. The second-order valence-electron chi connectivity index (χ2n) is 3.65. The van der Waals surface area contributed by atoms with Crippen LogP contribution >= 0.6 is 22.6 Å². The van der Waals surface area contributed by atoms with Crippen LogP contribution in [0, 0.1) is 3.57 Å². The van der Waals surface area contributed by atoms with E-state index in [1.165, 1.54) is 0 Å². The maximum absolute atomic E-state index is 11.9. The van der Waals surface area contributed by atoms with Crippen LogP contribution < -0.4 is 0 Å². The molecule has 5 heteroatoms. The van der Waals surface area contributed by atoms with Gasteiger partial charge in [0.1, 0.15) is 0 Å². The zero-order chi connectivity index (χ0) is 12.7. The number of benzene rings is 1. The van der Waals surface area contributed by atoms with E-state index in [0.29, 0.717) is 18.7 Å². The Balaban J connectivity index is 2.60. The summed E-state index contributed by atoms with van der Waals surface area (Å²) in [6, 6.07) is 7.35. The number of nitrogens with zero attached hydrogens (tertiary/aromatic N) is 1. The van der Waals surface area contributed by atoms with Gasteiger partial charge in [-0.25, -0.2) is 0 Å². The summed E-state index contributed by atoms with van der Waals surface area (Å²) in [5.74, 6) is 0.00306. The van der Waals surface area contributed by atoms with Gasteiger partial charge in [-0.2, -0.15) is 0 Å². The Morgan fingerprint density at radius 2 is 1.65 bits per heavy atom. The van der Waals surface area contributed by atoms with E-state index >= 15 is 0 Å². The molecular formula is C12H16INO3. The molecule has 17 heavy (non-hydrogen) atoms. The van der Waals surface area contributed by atoms with Gasteiger partial charge >= 0.3 is 0 Å². The first-order valence-electron chi connectivity index (χ1n) is 5.40. The predicted molar refractivity (Wildman–Crippen MR) is 74.1 cm³/mol. The van der Waals surface area contributed by atoms with Crippen molar-refractivity contribution in [3.63, 3.8) is 0 Å². The van der Waals surface area contributed by atoms with Crippen LogP contribution in [-0.2, 0) is 0 Å². The second kappa shape index (κ2) is 7.75. The molecule has 0 aliphatic carbocycles. The van der Waals surface area contributed by atoms with Gasteiger partial charge in [0.2, 0.25) is 0 Å². The molecule has 0 aromatic heterocycles. The highest BCUT2D eigenvalue weighted by molar-refractivity contribution is 14.1. The minimum Gasteiger partial charge on any atom is -0.395 e. The van der Waals surface area contributed by atoms with E-state index in [4.69, 9.17) is 10.2 Å². The van der Waals surface area contributed by atoms with Crippen LogP contribution in [0.1, 0.15) is 10.4 Å². The number of aliphatic hydroxyl groups is 2. The topological polar surface area (TPSA) is 60.8 Å². The molecule has 0 spiro atoms. The third-order valence-electron chi connectivity index (χ3n) is 2.37. The number of carbonyl (C=O) groups is 1. The molecule has 0 bridgehead atoms. The maximum atomic E-state index is 11.9. The standard InChI is InChI=1S/C12H16INO3/c13-11-3-1-10(2-4-11)12(17)9-14(5-7-15)6-8-16/h1-4,15-16H,5-9H2. The maximum Gasteiger partial charge on any atom is 0.176 e. The molecule has 0 heterocycles. The van der Waals surface area contributed by atoms with E-state index < -0.39 is 0 Å². The molecule has 0 radical (unpaired) electrons. The molecule has 2 N–H and O–H groups in total. The lowest BCUT2D eigenvalue weighted by Crippen LogP contribution is -2.34. The van der Waals surface area contributed by atoms with E-state index in [1.54, 1.807) is 17.0 Å². The Morgan fingerprint density at radius 1 is 1.12 bits per heavy atom. The number of rotatable bonds is 7. The first-order valence-corrected chi connectivity index (χ1v) is 6.48. The number of hydrogen-bond acceptors (Lipinski definition) is 4. The van der Waals surface area contributed by atoms with Crippen molar-refractivity contribution >= 4 is 28.4 Å². The van der Waals surface area contributed by atoms with Crippen LogP contribution in [0.5, 0.6) is 0 Å². The molecule has 0 amide bonds. The van der Waals surface area contributed by atoms with Crippen LogP contribution in [0.2, 0.25) is 0 Å². The number of carbonyl (C=O) groups excluding carboxylic acids is 1. The molecule has 4 nitrogen and oxygen atoms in total. The predicted octanol–water partition coefficient (Wildman–Crippen LogP) is 0.760. The van der Waals surface area contributed by atoms with Gasteiger partial charge in [-0.15, -0.1) is 0 Å². The van der Waals surface area contributed by atoms with Crippen molar-refractivity contribution in [2.75, 3.05) is 32.8 Å². The largest absolute Gasteiger partial charge is 0.395 e. The molecule has 0 aliphatic heterocycles. The summed E-state index contributed by atoms with van der Waals surface area (Å²) in [6.45, 7) is 0.995. The minimum atomic E-state index is -0.0139. The van der Waals surface area contributed by atoms with Gasteiger partial charge in [-0.05, 0) is 34.7 Å². The van der Waals surface area contributed by atoms with Crippen molar-refractivity contribution in [3.8, 4) is 0 Å². The average molecular weight is 349 g/mol. The van der Waals surface area contributed by atoms with Gasteiger partial charge in [0.25, 0.3) is 0 Å². The molecule has 0 fully saturated rings. The quantitative estimate of drug-likeness (QED) is 0.564. The lowest BCUT2D eigenvalue weighted by Gasteiger charge is -2.18. The molecule has 1 rings (SSSR count). The zero-order valence-corrected chi connectivity index (χ0v) is 11.6. The van der Waals surface area contributed by atoms with E-state index in [1.807, 2.05) is 12.1 Å². The smallest absolute Gasteiger partial charge is 0.176 e. The summed E-state index contributed by atoms with van der Waals surface area (Å²) in [5.41, 5.74) is 0.659. The highest BCUT2D eigenvalue weighted by Crippen LogP contribution is 2.08. The molecular weight excluding hydrogens is 333 g/mol. The molecule has 94 valence electrons. The molecule has 0 unspecified atom stereocenters. The molecule has 1 aromatic carbocycles. The first kappa shape index (κ1) is 14.6. The van der Waals surface area contributed by atoms with Crippen LogP contribution in [0.4, 0.5) is 0 Å². The number of ketones is 1. The summed E-state index contributed by atoms with van der Waals surface area (Å²) in [4.78, 5) is 13.6. The monoisotopic (exact) mass is 349 g/mol. The van der Waals surface area contributed by atoms with Crippen LogP contribution in [0.15, 0.2) is 24.3 Å². The van der Waals surface area contributed by atoms with Crippen molar-refractivity contribution in [1.82, 2.24) is 4.90 Å². The van der Waals surface area contributed by atoms with Gasteiger partial charge in [0.05, 0.1) is 19.8 Å². The molecule has 0 atom stereocenters. The highest BCUT2D eigenvalue weighted by Gasteiger charge is 2.11. The normalized spacial score (nSPS) is 10.8. The number of hydrogen-bond donors (Lipinski definition) is 2. The Bertz CT molecular complexity index is 347. The molecule has 0 saturated heterocycles.